The Morgan fingerprint density at radius 2 is 2.00 bits per heavy atom. The minimum atomic E-state index is -3.55. The molecule has 0 radical (unpaired) electrons. The third kappa shape index (κ3) is 2.90. The average Bonchev–Trinajstić information content (AvgIpc) is 3.10. The number of aliphatic carboxylic acids is 1. The Labute approximate surface area is 113 Å². The molecule has 0 saturated heterocycles. The Morgan fingerprint density at radius 1 is 1.39 bits per heavy atom. The van der Waals surface area contributed by atoms with Crippen LogP contribution in [-0.4, -0.2) is 24.7 Å². The van der Waals surface area contributed by atoms with Crippen LogP contribution in [0.25, 0.3) is 0 Å². The number of rotatable bonds is 5. The molecule has 0 spiro atoms. The smallest absolute Gasteiger partial charge is 0.326 e. The van der Waals surface area contributed by atoms with Crippen LogP contribution in [0.2, 0.25) is 0 Å². The van der Waals surface area contributed by atoms with Crippen molar-refractivity contribution < 1.29 is 18.3 Å². The Morgan fingerprint density at radius 3 is 2.50 bits per heavy atom. The molecule has 5 nitrogen and oxygen atoms in total. The summed E-state index contributed by atoms with van der Waals surface area (Å²) in [6, 6.07) is 5.41. The Bertz CT molecular complexity index is 568. The van der Waals surface area contributed by atoms with Crippen LogP contribution in [-0.2, 0) is 14.8 Å². The summed E-state index contributed by atoms with van der Waals surface area (Å²) in [5, 5.41) is 8.73. The summed E-state index contributed by atoms with van der Waals surface area (Å²) >= 11 is 3.23. The van der Waals surface area contributed by atoms with Gasteiger partial charge in [-0.25, -0.2) is 8.42 Å². The van der Waals surface area contributed by atoms with Gasteiger partial charge in [-0.1, -0.05) is 34.1 Å². The van der Waals surface area contributed by atoms with Gasteiger partial charge in [0.15, 0.2) is 0 Å². The molecule has 2 N–H and O–H groups in total. The molecule has 0 heterocycles. The van der Waals surface area contributed by atoms with E-state index in [0.717, 1.165) is 0 Å². The zero-order valence-corrected chi connectivity index (χ0v) is 11.7. The molecule has 18 heavy (non-hydrogen) atoms. The minimum absolute atomic E-state index is 0.397. The second-order valence-electron chi connectivity index (χ2n) is 4.15. The van der Waals surface area contributed by atoms with Gasteiger partial charge in [0.1, 0.15) is 6.04 Å². The third-order valence-corrected chi connectivity index (χ3v) is 5.34. The van der Waals surface area contributed by atoms with Crippen molar-refractivity contribution in [1.82, 2.24) is 4.72 Å². The van der Waals surface area contributed by atoms with E-state index in [4.69, 9.17) is 5.11 Å². The summed E-state index contributed by atoms with van der Waals surface area (Å²) in [4.78, 5) is 11.2. The number of sulfonamides is 1. The van der Waals surface area contributed by atoms with Crippen molar-refractivity contribution in [2.24, 2.45) is 0 Å². The maximum absolute atomic E-state index is 11.8. The van der Waals surface area contributed by atoms with Gasteiger partial charge < -0.3 is 5.11 Å². The molecule has 0 amide bonds. The summed E-state index contributed by atoms with van der Waals surface area (Å²) in [5.41, 5.74) is 0.397. The third-order valence-electron chi connectivity index (χ3n) is 2.71. The van der Waals surface area contributed by atoms with E-state index in [0.29, 0.717) is 22.9 Å². The molecule has 0 bridgehead atoms. The quantitative estimate of drug-likeness (QED) is 0.858. The average molecular weight is 334 g/mol. The molecule has 1 aromatic carbocycles. The molecule has 1 atom stereocenters. The second-order valence-corrected chi connectivity index (χ2v) is 7.00. The summed E-state index contributed by atoms with van der Waals surface area (Å²) in [5.74, 6) is -1.22. The fraction of sp³-hybridized carbons (Fsp3) is 0.364. The van der Waals surface area contributed by atoms with E-state index in [1.807, 2.05) is 0 Å². The molecular weight excluding hydrogens is 322 g/mol. The lowest BCUT2D eigenvalue weighted by Gasteiger charge is -2.16. The van der Waals surface area contributed by atoms with Gasteiger partial charge in [-0.05, 0) is 24.5 Å². The number of benzene rings is 1. The van der Waals surface area contributed by atoms with Gasteiger partial charge in [0.2, 0.25) is 10.0 Å². The molecule has 1 aliphatic rings. The molecule has 0 aliphatic heterocycles. The van der Waals surface area contributed by atoms with E-state index in [1.54, 1.807) is 24.3 Å². The number of carboxylic acids is 1. The number of carbonyl (C=O) groups is 1. The molecule has 1 fully saturated rings. The van der Waals surface area contributed by atoms with Crippen molar-refractivity contribution >= 4 is 31.9 Å². The van der Waals surface area contributed by atoms with Crippen molar-refractivity contribution in [3.63, 3.8) is 0 Å². The van der Waals surface area contributed by atoms with Crippen LogP contribution in [0.5, 0.6) is 0 Å². The fourth-order valence-electron chi connectivity index (χ4n) is 1.59. The molecule has 1 unspecified atom stereocenters. The van der Waals surface area contributed by atoms with Crippen LogP contribution >= 0.6 is 15.9 Å². The molecular formula is C11H12BrNO4S. The zero-order chi connectivity index (χ0) is 13.3. The van der Waals surface area contributed by atoms with Crippen LogP contribution in [0.1, 0.15) is 24.4 Å². The lowest BCUT2D eigenvalue weighted by molar-refractivity contribution is -0.139. The lowest BCUT2D eigenvalue weighted by Crippen LogP contribution is -2.36. The van der Waals surface area contributed by atoms with Gasteiger partial charge in [-0.2, -0.15) is 4.72 Å². The largest absolute Gasteiger partial charge is 0.480 e. The SMILES string of the molecule is O=C(O)C(NS(=O)(=O)C1CC1)c1ccccc1Br. The first-order valence-electron chi connectivity index (χ1n) is 5.40. The van der Waals surface area contributed by atoms with Crippen LogP contribution in [0.3, 0.4) is 0 Å². The topological polar surface area (TPSA) is 83.5 Å². The fourth-order valence-corrected chi connectivity index (χ4v) is 3.61. The highest BCUT2D eigenvalue weighted by Gasteiger charge is 2.39. The standard InChI is InChI=1S/C11H12BrNO4S/c12-9-4-2-1-3-8(9)10(11(14)15)13-18(16,17)7-5-6-7/h1-4,7,10,13H,5-6H2,(H,14,15). The van der Waals surface area contributed by atoms with Crippen molar-refractivity contribution in [3.05, 3.63) is 34.3 Å². The van der Waals surface area contributed by atoms with Gasteiger partial charge in [-0.15, -0.1) is 0 Å². The molecule has 1 aromatic rings. The molecule has 98 valence electrons. The van der Waals surface area contributed by atoms with Crippen molar-refractivity contribution in [2.75, 3.05) is 0 Å². The van der Waals surface area contributed by atoms with E-state index in [-0.39, 0.29) is 0 Å². The first-order valence-corrected chi connectivity index (χ1v) is 7.74. The van der Waals surface area contributed by atoms with Crippen LogP contribution in [0.15, 0.2) is 28.7 Å². The maximum Gasteiger partial charge on any atom is 0.326 e. The van der Waals surface area contributed by atoms with Crippen molar-refractivity contribution in [1.29, 1.82) is 0 Å². The van der Waals surface area contributed by atoms with Gasteiger partial charge in [0.05, 0.1) is 5.25 Å². The van der Waals surface area contributed by atoms with Crippen LogP contribution in [0.4, 0.5) is 0 Å². The molecule has 0 aromatic heterocycles. The predicted octanol–water partition coefficient (Wildman–Crippen LogP) is 1.66. The van der Waals surface area contributed by atoms with Gasteiger partial charge >= 0.3 is 5.97 Å². The number of nitrogens with one attached hydrogen (secondary N) is 1. The van der Waals surface area contributed by atoms with Crippen LogP contribution < -0.4 is 4.72 Å². The van der Waals surface area contributed by atoms with E-state index in [2.05, 4.69) is 20.7 Å². The first-order chi connectivity index (χ1) is 8.42. The Hall–Kier alpha value is -0.920. The van der Waals surface area contributed by atoms with Gasteiger partial charge in [-0.3, -0.25) is 4.79 Å². The zero-order valence-electron chi connectivity index (χ0n) is 9.34. The van der Waals surface area contributed by atoms with E-state index < -0.39 is 27.3 Å². The number of hydrogen-bond donors (Lipinski definition) is 2. The Kier molecular flexibility index (Phi) is 3.74. The monoisotopic (exact) mass is 333 g/mol. The first kappa shape index (κ1) is 13.5. The summed E-state index contributed by atoms with van der Waals surface area (Å²) in [6.45, 7) is 0. The Balaban J connectivity index is 2.30. The predicted molar refractivity (Wildman–Crippen MR) is 69.6 cm³/mol. The highest BCUT2D eigenvalue weighted by Crippen LogP contribution is 2.30. The van der Waals surface area contributed by atoms with E-state index in [1.165, 1.54) is 0 Å². The molecule has 7 heteroatoms. The molecule has 2 rings (SSSR count). The maximum atomic E-state index is 11.8. The minimum Gasteiger partial charge on any atom is -0.480 e. The summed E-state index contributed by atoms with van der Waals surface area (Å²) in [6.07, 6.45) is 1.19. The number of halogens is 1. The molecule has 1 saturated carbocycles. The normalized spacial score (nSPS) is 17.4. The highest BCUT2D eigenvalue weighted by atomic mass is 79.9. The van der Waals surface area contributed by atoms with Crippen molar-refractivity contribution in [3.8, 4) is 0 Å². The summed E-state index contributed by atoms with van der Waals surface area (Å²) in [7, 11) is -3.55. The van der Waals surface area contributed by atoms with Gasteiger partial charge in [0, 0.05) is 4.47 Å². The van der Waals surface area contributed by atoms with Crippen LogP contribution in [0, 0.1) is 0 Å². The van der Waals surface area contributed by atoms with Crippen molar-refractivity contribution in [2.45, 2.75) is 24.1 Å². The van der Waals surface area contributed by atoms with E-state index in [9.17, 15) is 13.2 Å². The second kappa shape index (κ2) is 4.99. The van der Waals surface area contributed by atoms with Gasteiger partial charge in [0.25, 0.3) is 0 Å². The van der Waals surface area contributed by atoms with E-state index >= 15 is 0 Å². The number of hydrogen-bond acceptors (Lipinski definition) is 3. The lowest BCUT2D eigenvalue weighted by atomic mass is 10.1. The number of carboxylic acid groups (broad SMARTS) is 1. The molecule has 1 aliphatic carbocycles. The highest BCUT2D eigenvalue weighted by molar-refractivity contribution is 9.10. The summed E-state index contributed by atoms with van der Waals surface area (Å²) < 4.78 is 26.4.